The van der Waals surface area contributed by atoms with Crippen LogP contribution >= 0.6 is 11.6 Å². The topological polar surface area (TPSA) is 70.2 Å². The molecule has 0 spiro atoms. The van der Waals surface area contributed by atoms with Gasteiger partial charge in [0.25, 0.3) is 0 Å². The van der Waals surface area contributed by atoms with E-state index in [9.17, 15) is 14.4 Å². The third kappa shape index (κ3) is 3.93. The number of halogens is 1. The first-order valence-corrected chi connectivity index (χ1v) is 9.05. The first-order chi connectivity index (χ1) is 12.5. The number of nitrogens with zero attached hydrogens (tertiary/aromatic N) is 3. The molecule has 1 atom stereocenters. The smallest absolute Gasteiger partial charge is 0.409 e. The first kappa shape index (κ1) is 18.5. The molecule has 2 saturated heterocycles. The number of methoxy groups -OCH3 is 1. The number of benzene rings is 1. The lowest BCUT2D eigenvalue weighted by molar-refractivity contribution is -0.135. The Labute approximate surface area is 157 Å². The lowest BCUT2D eigenvalue weighted by Gasteiger charge is -2.24. The molecule has 0 aliphatic carbocycles. The predicted molar refractivity (Wildman–Crippen MR) is 97.1 cm³/mol. The van der Waals surface area contributed by atoms with Crippen molar-refractivity contribution in [2.24, 2.45) is 5.92 Å². The van der Waals surface area contributed by atoms with Crippen LogP contribution in [0.4, 0.5) is 10.5 Å². The van der Waals surface area contributed by atoms with E-state index >= 15 is 0 Å². The van der Waals surface area contributed by atoms with Gasteiger partial charge in [-0.2, -0.15) is 0 Å². The average Bonchev–Trinajstić information content (AvgIpc) is 2.87. The number of hydrogen-bond donors (Lipinski definition) is 0. The molecule has 0 N–H and O–H groups in total. The maximum atomic E-state index is 12.9. The lowest BCUT2D eigenvalue weighted by Crippen LogP contribution is -2.40. The van der Waals surface area contributed by atoms with E-state index in [4.69, 9.17) is 16.3 Å². The molecule has 2 aliphatic rings. The highest BCUT2D eigenvalue weighted by Crippen LogP contribution is 2.27. The summed E-state index contributed by atoms with van der Waals surface area (Å²) in [7, 11) is 1.35. The molecule has 2 heterocycles. The minimum absolute atomic E-state index is 0.0264. The fourth-order valence-electron chi connectivity index (χ4n) is 3.45. The van der Waals surface area contributed by atoms with Crippen molar-refractivity contribution in [2.75, 3.05) is 44.7 Å². The van der Waals surface area contributed by atoms with Gasteiger partial charge in [-0.3, -0.25) is 9.59 Å². The monoisotopic (exact) mass is 379 g/mol. The summed E-state index contributed by atoms with van der Waals surface area (Å²) in [5, 5.41) is 0.604. The second kappa shape index (κ2) is 7.95. The molecule has 8 heteroatoms. The molecule has 7 nitrogen and oxygen atoms in total. The highest BCUT2D eigenvalue weighted by Gasteiger charge is 2.37. The second-order valence-electron chi connectivity index (χ2n) is 6.52. The summed E-state index contributed by atoms with van der Waals surface area (Å²) in [4.78, 5) is 41.9. The summed E-state index contributed by atoms with van der Waals surface area (Å²) in [6, 6.07) is 7.03. The van der Waals surface area contributed by atoms with Crippen molar-refractivity contribution in [2.45, 2.75) is 12.8 Å². The van der Waals surface area contributed by atoms with E-state index in [-0.39, 0.29) is 30.2 Å². The Morgan fingerprint density at radius 1 is 1.08 bits per heavy atom. The van der Waals surface area contributed by atoms with Crippen molar-refractivity contribution >= 4 is 35.2 Å². The van der Waals surface area contributed by atoms with Crippen LogP contribution in [0, 0.1) is 5.92 Å². The molecule has 2 aliphatic heterocycles. The van der Waals surface area contributed by atoms with Crippen molar-refractivity contribution in [1.29, 1.82) is 0 Å². The molecule has 3 amide bonds. The van der Waals surface area contributed by atoms with Crippen LogP contribution < -0.4 is 4.90 Å². The van der Waals surface area contributed by atoms with Crippen LogP contribution in [0.1, 0.15) is 12.8 Å². The van der Waals surface area contributed by atoms with Gasteiger partial charge in [0.1, 0.15) is 0 Å². The maximum Gasteiger partial charge on any atom is 0.409 e. The zero-order chi connectivity index (χ0) is 18.7. The number of carbonyl (C=O) groups is 3. The van der Waals surface area contributed by atoms with Gasteiger partial charge in [0.2, 0.25) is 11.8 Å². The molecular formula is C18H22ClN3O4. The fourth-order valence-corrected chi connectivity index (χ4v) is 3.58. The van der Waals surface area contributed by atoms with E-state index in [1.54, 1.807) is 39.0 Å². The van der Waals surface area contributed by atoms with Gasteiger partial charge < -0.3 is 19.4 Å². The van der Waals surface area contributed by atoms with Crippen LogP contribution in [0.5, 0.6) is 0 Å². The molecule has 0 saturated carbocycles. The molecule has 0 aromatic heterocycles. The quantitative estimate of drug-likeness (QED) is 0.788. The third-order valence-electron chi connectivity index (χ3n) is 4.85. The molecule has 1 aromatic carbocycles. The van der Waals surface area contributed by atoms with E-state index in [1.807, 2.05) is 0 Å². The van der Waals surface area contributed by atoms with Gasteiger partial charge in [-0.15, -0.1) is 0 Å². The van der Waals surface area contributed by atoms with Crippen LogP contribution in [0.3, 0.4) is 0 Å². The second-order valence-corrected chi connectivity index (χ2v) is 6.95. The first-order valence-electron chi connectivity index (χ1n) is 8.67. The van der Waals surface area contributed by atoms with E-state index in [1.165, 1.54) is 7.11 Å². The molecule has 140 valence electrons. The van der Waals surface area contributed by atoms with Crippen LogP contribution in [-0.2, 0) is 14.3 Å². The standard InChI is InChI=1S/C18H22ClN3O4/c1-26-18(25)21-8-2-7-20(9-10-21)17(24)13-11-16(23)22(12-13)15-5-3-14(19)4-6-15/h3-6,13H,2,7-12H2,1H3. The number of anilines is 1. The Bertz CT molecular complexity index is 694. The zero-order valence-corrected chi connectivity index (χ0v) is 15.4. The number of amides is 3. The van der Waals surface area contributed by atoms with Crippen LogP contribution in [0.25, 0.3) is 0 Å². The van der Waals surface area contributed by atoms with E-state index in [0.717, 1.165) is 5.69 Å². The summed E-state index contributed by atoms with van der Waals surface area (Å²) in [6.07, 6.45) is 0.533. The van der Waals surface area contributed by atoms with E-state index in [2.05, 4.69) is 0 Å². The fraction of sp³-hybridized carbons (Fsp3) is 0.500. The summed E-state index contributed by atoms with van der Waals surface area (Å²) in [6.45, 7) is 2.42. The molecule has 0 radical (unpaired) electrons. The van der Waals surface area contributed by atoms with Gasteiger partial charge in [0.05, 0.1) is 13.0 Å². The van der Waals surface area contributed by atoms with Crippen LogP contribution in [0.15, 0.2) is 24.3 Å². The Hall–Kier alpha value is -2.28. The third-order valence-corrected chi connectivity index (χ3v) is 5.10. The Morgan fingerprint density at radius 3 is 2.42 bits per heavy atom. The minimum atomic E-state index is -0.371. The van der Waals surface area contributed by atoms with Crippen molar-refractivity contribution < 1.29 is 19.1 Å². The highest BCUT2D eigenvalue weighted by atomic mass is 35.5. The highest BCUT2D eigenvalue weighted by molar-refractivity contribution is 6.30. The Balaban J connectivity index is 1.62. The average molecular weight is 380 g/mol. The number of rotatable bonds is 2. The summed E-state index contributed by atoms with van der Waals surface area (Å²) in [5.74, 6) is -0.443. The van der Waals surface area contributed by atoms with Crippen molar-refractivity contribution in [3.05, 3.63) is 29.3 Å². The number of hydrogen-bond acceptors (Lipinski definition) is 4. The maximum absolute atomic E-state index is 12.9. The molecule has 1 aromatic rings. The molecule has 2 fully saturated rings. The van der Waals surface area contributed by atoms with E-state index in [0.29, 0.717) is 44.2 Å². The van der Waals surface area contributed by atoms with Crippen LogP contribution in [-0.4, -0.2) is 67.5 Å². The van der Waals surface area contributed by atoms with Gasteiger partial charge >= 0.3 is 6.09 Å². The largest absolute Gasteiger partial charge is 0.453 e. The van der Waals surface area contributed by atoms with E-state index < -0.39 is 0 Å². The Morgan fingerprint density at radius 2 is 1.73 bits per heavy atom. The summed E-state index contributed by atoms with van der Waals surface area (Å²) < 4.78 is 4.75. The van der Waals surface area contributed by atoms with Crippen molar-refractivity contribution in [3.8, 4) is 0 Å². The van der Waals surface area contributed by atoms with Crippen molar-refractivity contribution in [3.63, 3.8) is 0 Å². The van der Waals surface area contributed by atoms with Crippen LogP contribution in [0.2, 0.25) is 5.02 Å². The summed E-state index contributed by atoms with van der Waals surface area (Å²) in [5.41, 5.74) is 0.752. The normalized spacial score (nSPS) is 20.9. The number of carbonyl (C=O) groups excluding carboxylic acids is 3. The number of ether oxygens (including phenoxy) is 1. The predicted octanol–water partition coefficient (Wildman–Crippen LogP) is 1.99. The SMILES string of the molecule is COC(=O)N1CCCN(C(=O)C2CC(=O)N(c3ccc(Cl)cc3)C2)CC1. The lowest BCUT2D eigenvalue weighted by atomic mass is 10.1. The van der Waals surface area contributed by atoms with Gasteiger partial charge in [-0.25, -0.2) is 4.79 Å². The van der Waals surface area contributed by atoms with Gasteiger partial charge in [-0.05, 0) is 30.7 Å². The molecule has 1 unspecified atom stereocenters. The summed E-state index contributed by atoms with van der Waals surface area (Å²) >= 11 is 5.89. The van der Waals surface area contributed by atoms with Gasteiger partial charge in [0, 0.05) is 49.9 Å². The van der Waals surface area contributed by atoms with Gasteiger partial charge in [-0.1, -0.05) is 11.6 Å². The Kier molecular flexibility index (Phi) is 5.66. The molecule has 3 rings (SSSR count). The van der Waals surface area contributed by atoms with Gasteiger partial charge in [0.15, 0.2) is 0 Å². The zero-order valence-electron chi connectivity index (χ0n) is 14.7. The molecular weight excluding hydrogens is 358 g/mol. The minimum Gasteiger partial charge on any atom is -0.453 e. The molecule has 0 bridgehead atoms. The van der Waals surface area contributed by atoms with Crippen molar-refractivity contribution in [1.82, 2.24) is 9.80 Å². The molecule has 26 heavy (non-hydrogen) atoms.